The zero-order valence-electron chi connectivity index (χ0n) is 16.8. The van der Waals surface area contributed by atoms with Gasteiger partial charge in [0.05, 0.1) is 24.2 Å². The first-order chi connectivity index (χ1) is 13.5. The molecule has 0 spiro atoms. The van der Waals surface area contributed by atoms with Crippen LogP contribution in [0.2, 0.25) is 0 Å². The van der Waals surface area contributed by atoms with Crippen molar-refractivity contribution < 1.29 is 19.1 Å². The third kappa shape index (κ3) is 5.22. The number of para-hydroxylation sites is 2. The van der Waals surface area contributed by atoms with Gasteiger partial charge in [-0.1, -0.05) is 19.1 Å². The van der Waals surface area contributed by atoms with E-state index in [1.54, 1.807) is 16.1 Å². The molecule has 0 saturated carbocycles. The molecule has 8 nitrogen and oxygen atoms in total. The molecular weight excluding hydrogens is 362 g/mol. The largest absolute Gasteiger partial charge is 0.465 e. The highest BCUT2D eigenvalue weighted by molar-refractivity contribution is 5.82. The number of aromatic nitrogens is 2. The van der Waals surface area contributed by atoms with Gasteiger partial charge in [-0.3, -0.25) is 18.7 Å². The van der Waals surface area contributed by atoms with E-state index in [0.717, 1.165) is 17.5 Å². The second-order valence-corrected chi connectivity index (χ2v) is 6.44. The van der Waals surface area contributed by atoms with Gasteiger partial charge in [0.25, 0.3) is 0 Å². The Morgan fingerprint density at radius 3 is 2.29 bits per heavy atom. The van der Waals surface area contributed by atoms with Crippen molar-refractivity contribution in [2.75, 3.05) is 33.4 Å². The highest BCUT2D eigenvalue weighted by atomic mass is 16.5. The van der Waals surface area contributed by atoms with E-state index in [4.69, 9.17) is 9.47 Å². The van der Waals surface area contributed by atoms with Gasteiger partial charge in [0, 0.05) is 33.2 Å². The second-order valence-electron chi connectivity index (χ2n) is 6.44. The van der Waals surface area contributed by atoms with Crippen molar-refractivity contribution in [3.63, 3.8) is 0 Å². The molecule has 0 radical (unpaired) electrons. The molecule has 2 aromatic rings. The van der Waals surface area contributed by atoms with E-state index in [1.807, 2.05) is 31.2 Å². The summed E-state index contributed by atoms with van der Waals surface area (Å²) >= 11 is 0. The van der Waals surface area contributed by atoms with Gasteiger partial charge in [-0.2, -0.15) is 0 Å². The molecule has 0 unspecified atom stereocenters. The maximum absolute atomic E-state index is 12.8. The number of benzene rings is 1. The number of nitrogens with zero attached hydrogens (tertiary/aromatic N) is 3. The normalized spacial score (nSPS) is 11.0. The lowest BCUT2D eigenvalue weighted by Crippen LogP contribution is -2.39. The van der Waals surface area contributed by atoms with Crippen molar-refractivity contribution in [3.05, 3.63) is 34.7 Å². The number of methoxy groups -OCH3 is 1. The third-order valence-electron chi connectivity index (χ3n) is 4.46. The smallest absolute Gasteiger partial charge is 0.329 e. The number of rotatable bonds is 11. The van der Waals surface area contributed by atoms with Crippen LogP contribution in [0.15, 0.2) is 29.1 Å². The summed E-state index contributed by atoms with van der Waals surface area (Å²) in [6.45, 7) is 5.37. The van der Waals surface area contributed by atoms with E-state index in [1.165, 1.54) is 12.0 Å². The number of fused-ring (bicyclic) bond motifs is 1. The van der Waals surface area contributed by atoms with Crippen LogP contribution in [0.5, 0.6) is 0 Å². The van der Waals surface area contributed by atoms with Crippen LogP contribution in [0.4, 0.5) is 0 Å². The molecule has 0 atom stereocenters. The minimum atomic E-state index is -0.455. The molecule has 0 fully saturated rings. The topological polar surface area (TPSA) is 82.8 Å². The van der Waals surface area contributed by atoms with Gasteiger partial charge in [-0.05, 0) is 25.5 Å². The van der Waals surface area contributed by atoms with Crippen molar-refractivity contribution >= 4 is 22.9 Å². The maximum atomic E-state index is 12.8. The molecule has 0 aliphatic heterocycles. The van der Waals surface area contributed by atoms with E-state index >= 15 is 0 Å². The lowest BCUT2D eigenvalue weighted by Gasteiger charge is -2.21. The zero-order valence-corrected chi connectivity index (χ0v) is 16.8. The Morgan fingerprint density at radius 2 is 1.71 bits per heavy atom. The molecule has 2 rings (SSSR count). The zero-order chi connectivity index (χ0) is 20.5. The minimum absolute atomic E-state index is 0.114. The molecule has 0 aliphatic rings. The van der Waals surface area contributed by atoms with Crippen LogP contribution >= 0.6 is 0 Å². The Morgan fingerprint density at radius 1 is 1.07 bits per heavy atom. The van der Waals surface area contributed by atoms with E-state index < -0.39 is 5.97 Å². The lowest BCUT2D eigenvalue weighted by molar-refractivity contribution is -0.149. The molecule has 28 heavy (non-hydrogen) atoms. The van der Waals surface area contributed by atoms with Gasteiger partial charge in [-0.25, -0.2) is 4.79 Å². The molecule has 0 saturated heterocycles. The number of hydrogen-bond acceptors (Lipinski definition) is 5. The summed E-state index contributed by atoms with van der Waals surface area (Å²) in [6.07, 6.45) is 0.959. The Kier molecular flexibility index (Phi) is 8.25. The standard InChI is InChI=1S/C20H29N3O5/c1-4-11-22-16-8-6-7-9-17(16)23(20(22)26)12-10-18(24)21(13-14-27-3)15-19(25)28-5-2/h6-9H,4-5,10-15H2,1-3H3. The van der Waals surface area contributed by atoms with Crippen LogP contribution < -0.4 is 5.69 Å². The lowest BCUT2D eigenvalue weighted by atomic mass is 10.3. The van der Waals surface area contributed by atoms with Crippen molar-refractivity contribution in [3.8, 4) is 0 Å². The Balaban J connectivity index is 2.16. The molecule has 0 bridgehead atoms. The number of hydrogen-bond donors (Lipinski definition) is 0. The van der Waals surface area contributed by atoms with Gasteiger partial charge >= 0.3 is 11.7 Å². The van der Waals surface area contributed by atoms with E-state index in [-0.39, 0.29) is 37.7 Å². The molecule has 1 amide bonds. The van der Waals surface area contributed by atoms with E-state index in [2.05, 4.69) is 0 Å². The Bertz CT molecular complexity index is 855. The summed E-state index contributed by atoms with van der Waals surface area (Å²) < 4.78 is 13.3. The predicted octanol–water partition coefficient (Wildman–Crippen LogP) is 1.64. The van der Waals surface area contributed by atoms with E-state index in [0.29, 0.717) is 19.7 Å². The van der Waals surface area contributed by atoms with Crippen LogP contribution in [0.1, 0.15) is 26.7 Å². The average molecular weight is 391 g/mol. The summed E-state index contributed by atoms with van der Waals surface area (Å²) in [5.41, 5.74) is 1.55. The molecular formula is C20H29N3O5. The van der Waals surface area contributed by atoms with Crippen LogP contribution in [-0.4, -0.2) is 59.3 Å². The van der Waals surface area contributed by atoms with Crippen molar-refractivity contribution in [1.29, 1.82) is 0 Å². The second kappa shape index (κ2) is 10.7. The quantitative estimate of drug-likeness (QED) is 0.544. The highest BCUT2D eigenvalue weighted by Gasteiger charge is 2.19. The van der Waals surface area contributed by atoms with Gasteiger partial charge in [0.1, 0.15) is 6.54 Å². The number of imidazole rings is 1. The summed E-state index contributed by atoms with van der Waals surface area (Å²) in [7, 11) is 1.54. The molecule has 0 aliphatic carbocycles. The minimum Gasteiger partial charge on any atom is -0.465 e. The number of carbonyl (C=O) groups is 2. The SMILES string of the molecule is CCCn1c(=O)n(CCC(=O)N(CCOC)CC(=O)OCC)c2ccccc21. The first kappa shape index (κ1) is 21.7. The van der Waals surface area contributed by atoms with Crippen LogP contribution in [0.25, 0.3) is 11.0 Å². The van der Waals surface area contributed by atoms with Gasteiger partial charge < -0.3 is 14.4 Å². The number of esters is 1. The first-order valence-corrected chi connectivity index (χ1v) is 9.63. The van der Waals surface area contributed by atoms with Crippen LogP contribution in [-0.2, 0) is 32.2 Å². The molecule has 154 valence electrons. The first-order valence-electron chi connectivity index (χ1n) is 9.63. The highest BCUT2D eigenvalue weighted by Crippen LogP contribution is 2.14. The molecule has 1 aromatic carbocycles. The predicted molar refractivity (Wildman–Crippen MR) is 106 cm³/mol. The fourth-order valence-corrected chi connectivity index (χ4v) is 3.15. The van der Waals surface area contributed by atoms with Crippen molar-refractivity contribution in [2.24, 2.45) is 0 Å². The molecule has 0 N–H and O–H groups in total. The maximum Gasteiger partial charge on any atom is 0.329 e. The Labute approximate surface area is 164 Å². The Hall–Kier alpha value is -2.61. The van der Waals surface area contributed by atoms with Crippen molar-refractivity contribution in [1.82, 2.24) is 14.0 Å². The summed E-state index contributed by atoms with van der Waals surface area (Å²) in [6, 6.07) is 7.57. The van der Waals surface area contributed by atoms with Gasteiger partial charge in [0.15, 0.2) is 0 Å². The fourth-order valence-electron chi connectivity index (χ4n) is 3.15. The molecule has 1 aromatic heterocycles. The average Bonchev–Trinajstić information content (AvgIpc) is 2.95. The fraction of sp³-hybridized carbons (Fsp3) is 0.550. The van der Waals surface area contributed by atoms with Gasteiger partial charge in [0.2, 0.25) is 5.91 Å². The van der Waals surface area contributed by atoms with Gasteiger partial charge in [-0.15, -0.1) is 0 Å². The van der Waals surface area contributed by atoms with E-state index in [9.17, 15) is 14.4 Å². The number of ether oxygens (including phenoxy) is 2. The monoisotopic (exact) mass is 391 g/mol. The number of aryl methyl sites for hydroxylation is 2. The third-order valence-corrected chi connectivity index (χ3v) is 4.46. The summed E-state index contributed by atoms with van der Waals surface area (Å²) in [4.78, 5) is 38.7. The number of carbonyl (C=O) groups excluding carboxylic acids is 2. The van der Waals surface area contributed by atoms with Crippen LogP contribution in [0.3, 0.4) is 0 Å². The van der Waals surface area contributed by atoms with Crippen LogP contribution in [0, 0.1) is 0 Å². The summed E-state index contributed by atoms with van der Waals surface area (Å²) in [5.74, 6) is -0.673. The molecule has 1 heterocycles. The van der Waals surface area contributed by atoms with Crippen molar-refractivity contribution in [2.45, 2.75) is 39.8 Å². The molecule has 8 heteroatoms. The summed E-state index contributed by atoms with van der Waals surface area (Å²) in [5, 5.41) is 0. The number of amides is 1.